The van der Waals surface area contributed by atoms with E-state index in [1.807, 2.05) is 38.1 Å². The summed E-state index contributed by atoms with van der Waals surface area (Å²) < 4.78 is 90.8. The van der Waals surface area contributed by atoms with Crippen LogP contribution < -0.4 is 0 Å². The molecule has 4 unspecified atom stereocenters. The van der Waals surface area contributed by atoms with Gasteiger partial charge in [0.2, 0.25) is 0 Å². The number of benzene rings is 2. The molecule has 0 radical (unpaired) electrons. The summed E-state index contributed by atoms with van der Waals surface area (Å²) in [4.78, 5) is 0. The van der Waals surface area contributed by atoms with E-state index in [1.165, 1.54) is 0 Å². The molecule has 0 spiro atoms. The molecule has 0 amide bonds. The van der Waals surface area contributed by atoms with Crippen LogP contribution in [0, 0.1) is 0 Å². The Kier molecular flexibility index (Phi) is 11.7. The van der Waals surface area contributed by atoms with Crippen molar-refractivity contribution in [1.82, 2.24) is 0 Å². The lowest BCUT2D eigenvalue weighted by molar-refractivity contribution is -0.0861. The average molecular weight is 757 g/mol. The Hall–Kier alpha value is -0.940. The molecule has 0 saturated carbocycles. The van der Waals surface area contributed by atoms with Crippen molar-refractivity contribution in [3.05, 3.63) is 55.5 Å². The quantitative estimate of drug-likeness (QED) is 0.144. The molecule has 2 N–H and O–H groups in total. The van der Waals surface area contributed by atoms with Crippen LogP contribution in [0.3, 0.4) is 0 Å². The fourth-order valence-electron chi connectivity index (χ4n) is 5.53. The highest BCUT2D eigenvalue weighted by atomic mass is 79.9. The molecule has 0 saturated heterocycles. The van der Waals surface area contributed by atoms with Gasteiger partial charge in [-0.3, -0.25) is 9.11 Å². The number of hydrogen-bond acceptors (Lipinski definition) is 8. The molecule has 0 bridgehead atoms. The van der Waals surface area contributed by atoms with Crippen molar-refractivity contribution in [3.63, 3.8) is 0 Å². The van der Waals surface area contributed by atoms with Crippen LogP contribution in [-0.2, 0) is 39.2 Å². The maximum Gasteiger partial charge on any atom is 0.264 e. The fourth-order valence-corrected chi connectivity index (χ4v) is 7.48. The van der Waals surface area contributed by atoms with E-state index < -0.39 is 56.2 Å². The highest BCUT2D eigenvalue weighted by Gasteiger charge is 2.45. The van der Waals surface area contributed by atoms with E-state index in [0.29, 0.717) is 13.2 Å². The number of hydrogen-bond donors (Lipinski definition) is 2. The summed E-state index contributed by atoms with van der Waals surface area (Å²) in [6.07, 6.45) is -0.420. The first-order chi connectivity index (χ1) is 19.8. The molecule has 42 heavy (non-hydrogen) atoms. The Morgan fingerprint density at radius 1 is 0.595 bits per heavy atom. The van der Waals surface area contributed by atoms with Gasteiger partial charge in [-0.1, -0.05) is 45.7 Å². The van der Waals surface area contributed by atoms with E-state index in [0.717, 1.165) is 55.2 Å². The lowest BCUT2D eigenvalue weighted by atomic mass is 9.71. The molecule has 0 fully saturated rings. The zero-order valence-electron chi connectivity index (χ0n) is 23.4. The Bertz CT molecular complexity index is 1380. The zero-order valence-corrected chi connectivity index (χ0v) is 28.2. The second-order valence-corrected chi connectivity index (χ2v) is 15.3. The van der Waals surface area contributed by atoms with Crippen molar-refractivity contribution >= 4 is 52.1 Å². The Morgan fingerprint density at radius 2 is 0.881 bits per heavy atom. The third-order valence-corrected chi connectivity index (χ3v) is 9.57. The van der Waals surface area contributed by atoms with Gasteiger partial charge >= 0.3 is 0 Å². The molecule has 2 aliphatic rings. The first-order valence-electron chi connectivity index (χ1n) is 13.9. The van der Waals surface area contributed by atoms with Crippen LogP contribution >= 0.6 is 31.9 Å². The third-order valence-electron chi connectivity index (χ3n) is 7.05. The van der Waals surface area contributed by atoms with Gasteiger partial charge in [-0.25, -0.2) is 0 Å². The maximum atomic E-state index is 11.3. The summed E-state index contributed by atoms with van der Waals surface area (Å²) in [7, 11) is -8.26. The molecule has 10 nitrogen and oxygen atoms in total. The van der Waals surface area contributed by atoms with Crippen LogP contribution in [0.2, 0.25) is 0 Å². The van der Waals surface area contributed by atoms with Gasteiger partial charge in [-0.2, -0.15) is 16.8 Å². The van der Waals surface area contributed by atoms with Gasteiger partial charge in [0.15, 0.2) is 0 Å². The predicted octanol–water partition coefficient (Wildman–Crippen LogP) is 6.51. The van der Waals surface area contributed by atoms with Crippen LogP contribution in [0.4, 0.5) is 0 Å². The summed E-state index contributed by atoms with van der Waals surface area (Å²) in [5.41, 5.74) is 5.35. The normalized spacial score (nSPS) is 21.4. The summed E-state index contributed by atoms with van der Waals surface area (Å²) in [5.74, 6) is -0.835. The first-order valence-corrected chi connectivity index (χ1v) is 18.7. The van der Waals surface area contributed by atoms with E-state index in [1.54, 1.807) is 0 Å². The minimum absolute atomic E-state index is 0.0751. The molecule has 0 aliphatic heterocycles. The summed E-state index contributed by atoms with van der Waals surface area (Å²) in [6.45, 7) is 5.13. The molecule has 14 heteroatoms. The first kappa shape index (κ1) is 33.9. The maximum absolute atomic E-state index is 11.3. The van der Waals surface area contributed by atoms with E-state index in [-0.39, 0.29) is 26.1 Å². The summed E-state index contributed by atoms with van der Waals surface area (Å²) >= 11 is 7.31. The SMILES string of the molecule is CCCOC1c2cc(Br)cc3c2-c2c(cc(Br)cc2C(OCCCS(=O)(=O)O)C3OCCC)C1OCCCS(=O)(=O)O. The lowest BCUT2D eigenvalue weighted by Gasteiger charge is -2.43. The van der Waals surface area contributed by atoms with Gasteiger partial charge in [-0.05, 0) is 83.3 Å². The molecule has 0 heterocycles. The summed E-state index contributed by atoms with van der Waals surface area (Å²) in [6, 6.07) is 7.94. The molecular formula is C28H36Br2O10S2. The van der Waals surface area contributed by atoms with Gasteiger partial charge < -0.3 is 18.9 Å². The topological polar surface area (TPSA) is 146 Å². The van der Waals surface area contributed by atoms with Crippen molar-refractivity contribution in [3.8, 4) is 11.1 Å². The second-order valence-electron chi connectivity index (χ2n) is 10.4. The van der Waals surface area contributed by atoms with E-state index in [4.69, 9.17) is 18.9 Å². The molecule has 2 aromatic rings. The number of halogens is 2. The Balaban J connectivity index is 1.84. The van der Waals surface area contributed by atoms with Crippen molar-refractivity contribution in [2.45, 2.75) is 63.9 Å². The largest absolute Gasteiger partial charge is 0.370 e. The van der Waals surface area contributed by atoms with Crippen LogP contribution in [-0.4, -0.2) is 63.9 Å². The van der Waals surface area contributed by atoms with Crippen molar-refractivity contribution < 1.29 is 44.9 Å². The molecule has 2 aromatic carbocycles. The Morgan fingerprint density at radius 3 is 1.14 bits per heavy atom. The number of rotatable bonds is 16. The smallest absolute Gasteiger partial charge is 0.264 e. The highest BCUT2D eigenvalue weighted by Crippen LogP contribution is 2.59. The van der Waals surface area contributed by atoms with E-state index in [2.05, 4.69) is 31.9 Å². The van der Waals surface area contributed by atoms with Crippen LogP contribution in [0.25, 0.3) is 11.1 Å². The van der Waals surface area contributed by atoms with Gasteiger partial charge in [0.1, 0.15) is 24.4 Å². The molecular weight excluding hydrogens is 720 g/mol. The van der Waals surface area contributed by atoms with Crippen molar-refractivity contribution in [2.24, 2.45) is 0 Å². The molecule has 0 aromatic heterocycles. The van der Waals surface area contributed by atoms with Crippen molar-refractivity contribution in [2.75, 3.05) is 37.9 Å². The van der Waals surface area contributed by atoms with Crippen molar-refractivity contribution in [1.29, 1.82) is 0 Å². The van der Waals surface area contributed by atoms with Crippen LogP contribution in [0.5, 0.6) is 0 Å². The van der Waals surface area contributed by atoms with E-state index in [9.17, 15) is 25.9 Å². The number of ether oxygens (including phenoxy) is 4. The third kappa shape index (κ3) is 8.20. The summed E-state index contributed by atoms with van der Waals surface area (Å²) in [5, 5.41) is 0. The van der Waals surface area contributed by atoms with E-state index >= 15 is 0 Å². The average Bonchev–Trinajstić information content (AvgIpc) is 2.89. The zero-order chi connectivity index (χ0) is 30.7. The molecule has 4 rings (SSSR count). The minimum Gasteiger partial charge on any atom is -0.370 e. The van der Waals surface area contributed by atoms with Gasteiger partial charge in [0.05, 0.1) is 11.5 Å². The standard InChI is InChI=1S/C28H36Br2O10S2/c1-3-7-37-25-19-13-17(29)14-20-23(19)24-21(27(25)39-9-5-11-41(31,32)33)15-18(30)16-22(24)28(26(20)38-8-4-2)40-10-6-12-42(34,35)36/h13-16,25-28H,3-12H2,1-2H3,(H,31,32,33)(H,34,35,36). The second kappa shape index (κ2) is 14.4. The van der Waals surface area contributed by atoms with Gasteiger partial charge in [-0.15, -0.1) is 0 Å². The van der Waals surface area contributed by atoms with Crippen LogP contribution in [0.1, 0.15) is 86.2 Å². The molecule has 4 atom stereocenters. The van der Waals surface area contributed by atoms with Gasteiger partial charge in [0, 0.05) is 35.4 Å². The molecule has 234 valence electrons. The molecule has 2 aliphatic carbocycles. The monoisotopic (exact) mass is 754 g/mol. The van der Waals surface area contributed by atoms with Gasteiger partial charge in [0.25, 0.3) is 20.2 Å². The fraction of sp³-hybridized carbons (Fsp3) is 0.571. The minimum atomic E-state index is -4.13. The lowest BCUT2D eigenvalue weighted by Crippen LogP contribution is -2.31. The Labute approximate surface area is 264 Å². The highest BCUT2D eigenvalue weighted by molar-refractivity contribution is 9.10. The van der Waals surface area contributed by atoms with Crippen LogP contribution in [0.15, 0.2) is 33.2 Å². The predicted molar refractivity (Wildman–Crippen MR) is 165 cm³/mol.